The number of rotatable bonds is 2. The summed E-state index contributed by atoms with van der Waals surface area (Å²) < 4.78 is 15.1. The molecule has 0 aliphatic carbocycles. The Morgan fingerprint density at radius 3 is 3.21 bits per heavy atom. The Balaban J connectivity index is 1.92. The highest BCUT2D eigenvalue weighted by molar-refractivity contribution is 7.08. The van der Waals surface area contributed by atoms with Gasteiger partial charge in [-0.15, -0.1) is 0 Å². The first kappa shape index (κ1) is 9.73. The normalized spacial score (nSPS) is 23.0. The van der Waals surface area contributed by atoms with E-state index in [9.17, 15) is 0 Å². The van der Waals surface area contributed by atoms with Crippen molar-refractivity contribution in [2.24, 2.45) is 0 Å². The van der Waals surface area contributed by atoms with E-state index in [2.05, 4.69) is 4.37 Å². The van der Waals surface area contributed by atoms with Crippen molar-refractivity contribution in [3.8, 4) is 5.06 Å². The van der Waals surface area contributed by atoms with Crippen LogP contribution in [0.25, 0.3) is 0 Å². The number of nitrogens with two attached hydrogens (primary N) is 1. The Kier molecular flexibility index (Phi) is 3.21. The molecule has 0 amide bonds. The molecule has 0 aromatic carbocycles. The fourth-order valence-corrected chi connectivity index (χ4v) is 2.07. The highest BCUT2D eigenvalue weighted by Gasteiger charge is 2.16. The zero-order valence-corrected chi connectivity index (χ0v) is 8.76. The zero-order valence-electron chi connectivity index (χ0n) is 7.94. The molecule has 2 N–H and O–H groups in total. The lowest BCUT2D eigenvalue weighted by Crippen LogP contribution is -2.16. The molecule has 2 heterocycles. The summed E-state index contributed by atoms with van der Waals surface area (Å²) in [6.45, 7) is 1.63. The summed E-state index contributed by atoms with van der Waals surface area (Å²) in [5.74, 6) is 0. The lowest BCUT2D eigenvalue weighted by atomic mass is 10.2. The van der Waals surface area contributed by atoms with Crippen molar-refractivity contribution >= 4 is 17.2 Å². The van der Waals surface area contributed by atoms with Crippen molar-refractivity contribution in [3.05, 3.63) is 6.20 Å². The van der Waals surface area contributed by atoms with E-state index in [0.717, 1.165) is 37.5 Å². The van der Waals surface area contributed by atoms with Gasteiger partial charge >= 0.3 is 0 Å². The fourth-order valence-electron chi connectivity index (χ4n) is 1.47. The van der Waals surface area contributed by atoms with Crippen molar-refractivity contribution in [3.63, 3.8) is 0 Å². The molecule has 0 saturated carbocycles. The topological polar surface area (TPSA) is 57.4 Å². The SMILES string of the molecule is Nc1cnsc1OC1CCCOCC1. The van der Waals surface area contributed by atoms with Crippen molar-refractivity contribution in [2.75, 3.05) is 18.9 Å². The van der Waals surface area contributed by atoms with Crippen LogP contribution in [0.3, 0.4) is 0 Å². The molecular weight excluding hydrogens is 200 g/mol. The van der Waals surface area contributed by atoms with Gasteiger partial charge < -0.3 is 15.2 Å². The molecule has 1 atom stereocenters. The Morgan fingerprint density at radius 2 is 2.43 bits per heavy atom. The smallest absolute Gasteiger partial charge is 0.217 e. The van der Waals surface area contributed by atoms with Crippen LogP contribution in [-0.4, -0.2) is 23.7 Å². The molecule has 5 heteroatoms. The average molecular weight is 214 g/mol. The predicted molar refractivity (Wildman–Crippen MR) is 55.6 cm³/mol. The molecule has 14 heavy (non-hydrogen) atoms. The number of aromatic nitrogens is 1. The van der Waals surface area contributed by atoms with Gasteiger partial charge in [-0.1, -0.05) is 0 Å². The molecule has 0 spiro atoms. The first-order chi connectivity index (χ1) is 6.86. The Morgan fingerprint density at radius 1 is 1.50 bits per heavy atom. The van der Waals surface area contributed by atoms with Crippen LogP contribution >= 0.6 is 11.5 Å². The Labute approximate surface area is 87.2 Å². The van der Waals surface area contributed by atoms with E-state index in [1.807, 2.05) is 0 Å². The second kappa shape index (κ2) is 4.61. The molecule has 1 aliphatic heterocycles. The van der Waals surface area contributed by atoms with Gasteiger partial charge in [-0.2, -0.15) is 4.37 Å². The van der Waals surface area contributed by atoms with Gasteiger partial charge in [0, 0.05) is 24.6 Å². The summed E-state index contributed by atoms with van der Waals surface area (Å²) in [5.41, 5.74) is 6.33. The molecule has 78 valence electrons. The molecule has 1 aliphatic rings. The number of ether oxygens (including phenoxy) is 2. The molecule has 0 bridgehead atoms. The van der Waals surface area contributed by atoms with Crippen molar-refractivity contribution in [2.45, 2.75) is 25.4 Å². The minimum atomic E-state index is 0.236. The second-order valence-electron chi connectivity index (χ2n) is 3.35. The van der Waals surface area contributed by atoms with Gasteiger partial charge in [0.15, 0.2) is 0 Å². The van der Waals surface area contributed by atoms with Crippen molar-refractivity contribution in [1.29, 1.82) is 0 Å². The second-order valence-corrected chi connectivity index (χ2v) is 4.12. The van der Waals surface area contributed by atoms with Gasteiger partial charge in [0.05, 0.1) is 12.8 Å². The lowest BCUT2D eigenvalue weighted by Gasteiger charge is -2.14. The molecule has 1 fully saturated rings. The van der Waals surface area contributed by atoms with Crippen LogP contribution in [-0.2, 0) is 4.74 Å². The monoisotopic (exact) mass is 214 g/mol. The number of hydrogen-bond acceptors (Lipinski definition) is 5. The van der Waals surface area contributed by atoms with Crippen LogP contribution in [0.1, 0.15) is 19.3 Å². The van der Waals surface area contributed by atoms with Gasteiger partial charge in [0.25, 0.3) is 0 Å². The summed E-state index contributed by atoms with van der Waals surface area (Å²) >= 11 is 1.31. The summed E-state index contributed by atoms with van der Waals surface area (Å²) in [6, 6.07) is 0. The summed E-state index contributed by atoms with van der Waals surface area (Å²) in [7, 11) is 0. The third kappa shape index (κ3) is 2.36. The van der Waals surface area contributed by atoms with Gasteiger partial charge in [0.2, 0.25) is 5.06 Å². The molecule has 1 saturated heterocycles. The number of nitrogens with zero attached hydrogens (tertiary/aromatic N) is 1. The van der Waals surface area contributed by atoms with Crippen molar-refractivity contribution < 1.29 is 9.47 Å². The van der Waals surface area contributed by atoms with E-state index < -0.39 is 0 Å². The van der Waals surface area contributed by atoms with Gasteiger partial charge in [-0.25, -0.2) is 0 Å². The number of hydrogen-bond donors (Lipinski definition) is 1. The van der Waals surface area contributed by atoms with E-state index in [4.69, 9.17) is 15.2 Å². The van der Waals surface area contributed by atoms with Crippen LogP contribution in [0.2, 0.25) is 0 Å². The summed E-state index contributed by atoms with van der Waals surface area (Å²) in [5, 5.41) is 0.747. The van der Waals surface area contributed by atoms with Gasteiger partial charge in [0.1, 0.15) is 11.8 Å². The number of anilines is 1. The third-order valence-corrected chi connectivity index (χ3v) is 2.94. The van der Waals surface area contributed by atoms with Crippen LogP contribution in [0.4, 0.5) is 5.69 Å². The maximum Gasteiger partial charge on any atom is 0.217 e. The molecule has 1 aromatic rings. The van der Waals surface area contributed by atoms with E-state index in [0.29, 0.717) is 5.69 Å². The average Bonchev–Trinajstić information content (AvgIpc) is 2.44. The molecule has 2 rings (SSSR count). The van der Waals surface area contributed by atoms with Gasteiger partial charge in [-0.3, -0.25) is 0 Å². The van der Waals surface area contributed by atoms with Crippen molar-refractivity contribution in [1.82, 2.24) is 4.37 Å². The van der Waals surface area contributed by atoms with E-state index >= 15 is 0 Å². The molecule has 1 aromatic heterocycles. The fraction of sp³-hybridized carbons (Fsp3) is 0.667. The third-order valence-electron chi connectivity index (χ3n) is 2.24. The van der Waals surface area contributed by atoms with Gasteiger partial charge in [-0.05, 0) is 12.8 Å². The molecule has 0 radical (unpaired) electrons. The van der Waals surface area contributed by atoms with E-state index in [1.165, 1.54) is 11.5 Å². The maximum absolute atomic E-state index is 5.76. The Bertz CT molecular complexity index is 282. The first-order valence-corrected chi connectivity index (χ1v) is 5.58. The summed E-state index contributed by atoms with van der Waals surface area (Å²) in [6.07, 6.45) is 4.91. The predicted octanol–water partition coefficient (Wildman–Crippen LogP) is 1.67. The minimum absolute atomic E-state index is 0.236. The molecular formula is C9H14N2O2S. The quantitative estimate of drug-likeness (QED) is 0.813. The van der Waals surface area contributed by atoms with Crippen LogP contribution in [0, 0.1) is 0 Å². The van der Waals surface area contributed by atoms with Crippen LogP contribution < -0.4 is 10.5 Å². The standard InChI is InChI=1S/C9H14N2O2S/c10-8-6-11-14-9(8)13-7-2-1-4-12-5-3-7/h6-7H,1-5,10H2. The van der Waals surface area contributed by atoms with E-state index in [1.54, 1.807) is 6.20 Å². The van der Waals surface area contributed by atoms with E-state index in [-0.39, 0.29) is 6.10 Å². The van der Waals surface area contributed by atoms with Crippen LogP contribution in [0.5, 0.6) is 5.06 Å². The lowest BCUT2D eigenvalue weighted by molar-refractivity contribution is 0.128. The highest BCUT2D eigenvalue weighted by Crippen LogP contribution is 2.28. The first-order valence-electron chi connectivity index (χ1n) is 4.81. The maximum atomic E-state index is 5.76. The minimum Gasteiger partial charge on any atom is -0.478 e. The molecule has 4 nitrogen and oxygen atoms in total. The largest absolute Gasteiger partial charge is 0.478 e. The summed E-state index contributed by atoms with van der Waals surface area (Å²) in [4.78, 5) is 0. The Hall–Kier alpha value is -0.810. The highest BCUT2D eigenvalue weighted by atomic mass is 32.1. The zero-order chi connectivity index (χ0) is 9.80. The van der Waals surface area contributed by atoms with Crippen LogP contribution in [0.15, 0.2) is 6.20 Å². The number of nitrogen functional groups attached to an aromatic ring is 1. The molecule has 1 unspecified atom stereocenters.